The van der Waals surface area contributed by atoms with E-state index in [2.05, 4.69) is 4.98 Å². The van der Waals surface area contributed by atoms with Crippen LogP contribution in [0.5, 0.6) is 0 Å². The first-order valence-corrected chi connectivity index (χ1v) is 6.74. The number of aromatic carboxylic acids is 1. The molecule has 0 atom stereocenters. The molecule has 0 spiro atoms. The highest BCUT2D eigenvalue weighted by molar-refractivity contribution is 7.09. The maximum absolute atomic E-state index is 11.8. The van der Waals surface area contributed by atoms with E-state index in [0.717, 1.165) is 5.01 Å². The molecule has 0 amide bonds. The number of carbonyl (C=O) groups is 1. The van der Waals surface area contributed by atoms with E-state index in [0.29, 0.717) is 11.6 Å². The number of thiazole rings is 1. The minimum atomic E-state index is -1.11. The number of hydrogen-bond acceptors (Lipinski definition) is 4. The second-order valence-electron chi connectivity index (χ2n) is 4.47. The molecule has 6 heteroatoms. The third kappa shape index (κ3) is 2.90. The van der Waals surface area contributed by atoms with Gasteiger partial charge in [0.25, 0.3) is 5.56 Å². The number of pyridine rings is 1. The Morgan fingerprint density at radius 2 is 2.21 bits per heavy atom. The summed E-state index contributed by atoms with van der Waals surface area (Å²) in [7, 11) is 0. The van der Waals surface area contributed by atoms with Gasteiger partial charge in [0.05, 0.1) is 17.2 Å². The van der Waals surface area contributed by atoms with Crippen LogP contribution in [0.25, 0.3) is 0 Å². The van der Waals surface area contributed by atoms with Crippen LogP contribution in [0.4, 0.5) is 0 Å². The monoisotopic (exact) mass is 278 g/mol. The van der Waals surface area contributed by atoms with Gasteiger partial charge in [-0.1, -0.05) is 19.9 Å². The van der Waals surface area contributed by atoms with E-state index in [1.165, 1.54) is 34.1 Å². The Bertz CT molecular complexity index is 658. The molecule has 19 heavy (non-hydrogen) atoms. The van der Waals surface area contributed by atoms with Crippen LogP contribution in [-0.4, -0.2) is 20.6 Å². The van der Waals surface area contributed by atoms with E-state index in [4.69, 9.17) is 5.11 Å². The third-order valence-corrected chi connectivity index (χ3v) is 3.85. The highest BCUT2D eigenvalue weighted by Crippen LogP contribution is 2.19. The SMILES string of the molecule is CC(C)c1nc(Cn2c(C(=O)O)cccc2=O)cs1. The minimum absolute atomic E-state index is 0.0217. The van der Waals surface area contributed by atoms with Crippen LogP contribution in [0.3, 0.4) is 0 Å². The number of nitrogens with zero attached hydrogens (tertiary/aromatic N) is 2. The Morgan fingerprint density at radius 1 is 1.47 bits per heavy atom. The zero-order valence-electron chi connectivity index (χ0n) is 10.7. The Balaban J connectivity index is 2.37. The van der Waals surface area contributed by atoms with Crippen LogP contribution >= 0.6 is 11.3 Å². The van der Waals surface area contributed by atoms with Crippen molar-refractivity contribution in [2.75, 3.05) is 0 Å². The van der Waals surface area contributed by atoms with Gasteiger partial charge in [0.2, 0.25) is 0 Å². The molecule has 0 unspecified atom stereocenters. The van der Waals surface area contributed by atoms with Crippen LogP contribution in [0.1, 0.15) is 41.0 Å². The zero-order chi connectivity index (χ0) is 14.0. The van der Waals surface area contributed by atoms with Crippen LogP contribution in [0, 0.1) is 0 Å². The first-order valence-electron chi connectivity index (χ1n) is 5.86. The van der Waals surface area contributed by atoms with Crippen molar-refractivity contribution in [3.8, 4) is 0 Å². The van der Waals surface area contributed by atoms with Crippen molar-refractivity contribution in [1.82, 2.24) is 9.55 Å². The Morgan fingerprint density at radius 3 is 2.79 bits per heavy atom. The molecule has 0 fully saturated rings. The van der Waals surface area contributed by atoms with Gasteiger partial charge in [-0.15, -0.1) is 11.3 Å². The van der Waals surface area contributed by atoms with Crippen molar-refractivity contribution in [1.29, 1.82) is 0 Å². The lowest BCUT2D eigenvalue weighted by Crippen LogP contribution is -2.25. The maximum atomic E-state index is 11.8. The topological polar surface area (TPSA) is 72.2 Å². The summed E-state index contributed by atoms with van der Waals surface area (Å²) in [6.07, 6.45) is 0. The fraction of sp³-hybridized carbons (Fsp3) is 0.308. The average Bonchev–Trinajstić information content (AvgIpc) is 2.80. The minimum Gasteiger partial charge on any atom is -0.477 e. The number of rotatable bonds is 4. The van der Waals surface area contributed by atoms with Gasteiger partial charge in [0, 0.05) is 17.4 Å². The van der Waals surface area contributed by atoms with Crippen molar-refractivity contribution >= 4 is 17.3 Å². The first-order chi connectivity index (χ1) is 8.99. The van der Waals surface area contributed by atoms with Gasteiger partial charge in [0.1, 0.15) is 5.69 Å². The molecule has 100 valence electrons. The molecule has 2 rings (SSSR count). The van der Waals surface area contributed by atoms with Gasteiger partial charge in [-0.05, 0) is 6.07 Å². The largest absolute Gasteiger partial charge is 0.477 e. The second-order valence-corrected chi connectivity index (χ2v) is 5.36. The quantitative estimate of drug-likeness (QED) is 0.930. The van der Waals surface area contributed by atoms with Gasteiger partial charge in [-0.2, -0.15) is 0 Å². The summed E-state index contributed by atoms with van der Waals surface area (Å²) in [5, 5.41) is 11.9. The molecule has 0 aromatic carbocycles. The molecule has 5 nitrogen and oxygen atoms in total. The van der Waals surface area contributed by atoms with Gasteiger partial charge >= 0.3 is 5.97 Å². The van der Waals surface area contributed by atoms with Gasteiger partial charge in [0.15, 0.2) is 0 Å². The van der Waals surface area contributed by atoms with E-state index in [1.807, 2.05) is 19.2 Å². The molecule has 0 saturated carbocycles. The highest BCUT2D eigenvalue weighted by Gasteiger charge is 2.13. The molecule has 2 aromatic rings. The summed E-state index contributed by atoms with van der Waals surface area (Å²) < 4.78 is 1.22. The van der Waals surface area contributed by atoms with E-state index in [-0.39, 0.29) is 17.8 Å². The molecule has 0 radical (unpaired) electrons. The van der Waals surface area contributed by atoms with E-state index in [9.17, 15) is 9.59 Å². The van der Waals surface area contributed by atoms with Crippen LogP contribution in [0.2, 0.25) is 0 Å². The standard InChI is InChI=1S/C13H14N2O3S/c1-8(2)12-14-9(7-19-12)6-15-10(13(17)18)4-3-5-11(15)16/h3-5,7-8H,6H2,1-2H3,(H,17,18). The molecular weight excluding hydrogens is 264 g/mol. The smallest absolute Gasteiger partial charge is 0.352 e. The molecule has 2 heterocycles. The summed E-state index contributed by atoms with van der Waals surface area (Å²) in [6, 6.07) is 4.21. The van der Waals surface area contributed by atoms with Gasteiger partial charge in [-0.3, -0.25) is 9.36 Å². The summed E-state index contributed by atoms with van der Waals surface area (Å²) in [4.78, 5) is 27.3. The molecule has 0 aliphatic rings. The van der Waals surface area contributed by atoms with Crippen LogP contribution in [0.15, 0.2) is 28.4 Å². The number of carboxylic acid groups (broad SMARTS) is 1. The van der Waals surface area contributed by atoms with Crippen molar-refractivity contribution in [3.05, 3.63) is 50.3 Å². The normalized spacial score (nSPS) is 10.9. The molecule has 1 N–H and O–H groups in total. The molecule has 2 aromatic heterocycles. The summed E-state index contributed by atoms with van der Waals surface area (Å²) >= 11 is 1.52. The molecule has 0 aliphatic heterocycles. The van der Waals surface area contributed by atoms with E-state index >= 15 is 0 Å². The van der Waals surface area contributed by atoms with Crippen molar-refractivity contribution in [2.45, 2.75) is 26.3 Å². The summed E-state index contributed by atoms with van der Waals surface area (Å²) in [5.41, 5.74) is 0.357. The maximum Gasteiger partial charge on any atom is 0.352 e. The van der Waals surface area contributed by atoms with Crippen molar-refractivity contribution in [2.24, 2.45) is 0 Å². The number of hydrogen-bond donors (Lipinski definition) is 1. The lowest BCUT2D eigenvalue weighted by atomic mass is 10.2. The number of carboxylic acids is 1. The molecular formula is C13H14N2O3S. The fourth-order valence-electron chi connectivity index (χ4n) is 1.69. The predicted octanol–water partition coefficient (Wildman–Crippen LogP) is 2.17. The molecule has 0 bridgehead atoms. The Hall–Kier alpha value is -1.95. The predicted molar refractivity (Wildman–Crippen MR) is 73.0 cm³/mol. The van der Waals surface area contributed by atoms with Crippen LogP contribution in [-0.2, 0) is 6.54 Å². The van der Waals surface area contributed by atoms with E-state index in [1.54, 1.807) is 0 Å². The van der Waals surface area contributed by atoms with Crippen molar-refractivity contribution < 1.29 is 9.90 Å². The third-order valence-electron chi connectivity index (χ3n) is 2.65. The average molecular weight is 278 g/mol. The Kier molecular flexibility index (Phi) is 3.80. The zero-order valence-corrected chi connectivity index (χ0v) is 11.5. The first kappa shape index (κ1) is 13.5. The Labute approximate surface area is 114 Å². The fourth-order valence-corrected chi connectivity index (χ4v) is 2.52. The van der Waals surface area contributed by atoms with Gasteiger partial charge < -0.3 is 5.11 Å². The summed E-state index contributed by atoms with van der Waals surface area (Å²) in [6.45, 7) is 4.27. The summed E-state index contributed by atoms with van der Waals surface area (Å²) in [5.74, 6) is -0.790. The van der Waals surface area contributed by atoms with Gasteiger partial charge in [-0.25, -0.2) is 9.78 Å². The lowest BCUT2D eigenvalue weighted by Gasteiger charge is -2.07. The second kappa shape index (κ2) is 5.36. The number of aromatic nitrogens is 2. The van der Waals surface area contributed by atoms with E-state index < -0.39 is 5.97 Å². The molecule has 0 saturated heterocycles. The lowest BCUT2D eigenvalue weighted by molar-refractivity contribution is 0.0684. The molecule has 0 aliphatic carbocycles. The van der Waals surface area contributed by atoms with Crippen molar-refractivity contribution in [3.63, 3.8) is 0 Å². The highest BCUT2D eigenvalue weighted by atomic mass is 32.1. The van der Waals surface area contributed by atoms with Crippen LogP contribution < -0.4 is 5.56 Å².